The molecule has 2 heterocycles. The van der Waals surface area contributed by atoms with E-state index in [0.717, 1.165) is 16.5 Å². The number of para-hydroxylation sites is 1. The number of rotatable bonds is 7. The van der Waals surface area contributed by atoms with Gasteiger partial charge in [0.15, 0.2) is 0 Å². The molecular weight excluding hydrogens is 379 g/mol. The van der Waals surface area contributed by atoms with Crippen molar-refractivity contribution in [2.24, 2.45) is 0 Å². The van der Waals surface area contributed by atoms with Crippen LogP contribution in [-0.4, -0.2) is 15.0 Å². The minimum Gasteiger partial charge on any atom is -0.361 e. The maximum absolute atomic E-state index is 14.1. The fraction of sp³-hybridized carbons (Fsp3) is 0.250. The third-order valence-electron chi connectivity index (χ3n) is 5.28. The van der Waals surface area contributed by atoms with E-state index in [2.05, 4.69) is 21.4 Å². The van der Waals surface area contributed by atoms with Crippen molar-refractivity contribution in [3.63, 3.8) is 0 Å². The summed E-state index contributed by atoms with van der Waals surface area (Å²) in [6, 6.07) is 16.1. The first-order chi connectivity index (χ1) is 14.5. The summed E-state index contributed by atoms with van der Waals surface area (Å²) in [5.41, 5.74) is 3.23. The highest BCUT2D eigenvalue weighted by Crippen LogP contribution is 2.24. The van der Waals surface area contributed by atoms with Crippen molar-refractivity contribution in [1.82, 2.24) is 20.3 Å². The SMILES string of the molecule is CC(C)c1nc([C@H](Cc2c[nH]c3ccccc23)NCc2ccccc2F)cc(=O)[nH]1. The summed E-state index contributed by atoms with van der Waals surface area (Å²) in [5, 5.41) is 4.55. The molecule has 0 spiro atoms. The van der Waals surface area contributed by atoms with Crippen LogP contribution in [0.1, 0.15) is 48.5 Å². The molecule has 4 rings (SSSR count). The fourth-order valence-corrected chi connectivity index (χ4v) is 3.62. The van der Waals surface area contributed by atoms with E-state index < -0.39 is 0 Å². The van der Waals surface area contributed by atoms with Gasteiger partial charge in [0.2, 0.25) is 0 Å². The van der Waals surface area contributed by atoms with Crippen molar-refractivity contribution >= 4 is 10.9 Å². The Morgan fingerprint density at radius 3 is 2.63 bits per heavy atom. The predicted molar refractivity (Wildman–Crippen MR) is 117 cm³/mol. The Bertz CT molecular complexity index is 1210. The number of halogens is 1. The van der Waals surface area contributed by atoms with Crippen molar-refractivity contribution in [3.05, 3.63) is 99.6 Å². The number of aromatic nitrogens is 3. The normalized spacial score (nSPS) is 12.5. The summed E-state index contributed by atoms with van der Waals surface area (Å²) in [7, 11) is 0. The zero-order chi connectivity index (χ0) is 21.1. The van der Waals surface area contributed by atoms with Crippen LogP contribution in [0.4, 0.5) is 4.39 Å². The van der Waals surface area contributed by atoms with Crippen LogP contribution in [-0.2, 0) is 13.0 Å². The highest BCUT2D eigenvalue weighted by atomic mass is 19.1. The quantitative estimate of drug-likeness (QED) is 0.422. The van der Waals surface area contributed by atoms with E-state index in [0.29, 0.717) is 30.0 Å². The molecule has 0 radical (unpaired) electrons. The molecule has 30 heavy (non-hydrogen) atoms. The number of H-pyrrole nitrogens is 2. The number of hydrogen-bond donors (Lipinski definition) is 3. The maximum Gasteiger partial charge on any atom is 0.251 e. The van der Waals surface area contributed by atoms with Crippen LogP contribution in [0.15, 0.2) is 65.6 Å². The van der Waals surface area contributed by atoms with Crippen LogP contribution in [0.5, 0.6) is 0 Å². The lowest BCUT2D eigenvalue weighted by Crippen LogP contribution is -2.27. The number of aromatic amines is 2. The van der Waals surface area contributed by atoms with E-state index in [-0.39, 0.29) is 23.3 Å². The molecule has 0 bridgehead atoms. The van der Waals surface area contributed by atoms with Gasteiger partial charge in [-0.3, -0.25) is 4.79 Å². The minimum atomic E-state index is -0.252. The van der Waals surface area contributed by atoms with E-state index in [1.165, 1.54) is 12.1 Å². The van der Waals surface area contributed by atoms with Gasteiger partial charge in [0.1, 0.15) is 11.6 Å². The van der Waals surface area contributed by atoms with E-state index >= 15 is 0 Å². The first-order valence-electron chi connectivity index (χ1n) is 10.1. The van der Waals surface area contributed by atoms with Gasteiger partial charge in [-0.2, -0.15) is 0 Å². The lowest BCUT2D eigenvalue weighted by Gasteiger charge is -2.19. The van der Waals surface area contributed by atoms with Crippen LogP contribution < -0.4 is 10.9 Å². The molecule has 0 saturated carbocycles. The Morgan fingerprint density at radius 1 is 1.07 bits per heavy atom. The third-order valence-corrected chi connectivity index (χ3v) is 5.28. The molecule has 0 aliphatic rings. The number of fused-ring (bicyclic) bond motifs is 1. The van der Waals surface area contributed by atoms with Crippen LogP contribution in [0.25, 0.3) is 10.9 Å². The highest BCUT2D eigenvalue weighted by molar-refractivity contribution is 5.83. The molecule has 6 heteroatoms. The Balaban J connectivity index is 1.69. The van der Waals surface area contributed by atoms with Gasteiger partial charge in [-0.05, 0) is 24.1 Å². The van der Waals surface area contributed by atoms with Crippen LogP contribution in [0.2, 0.25) is 0 Å². The molecule has 4 aromatic rings. The van der Waals surface area contributed by atoms with Crippen molar-refractivity contribution in [2.45, 2.75) is 38.8 Å². The first kappa shape index (κ1) is 20.0. The molecular formula is C24H25FN4O. The largest absolute Gasteiger partial charge is 0.361 e. The van der Waals surface area contributed by atoms with Crippen LogP contribution >= 0.6 is 0 Å². The smallest absolute Gasteiger partial charge is 0.251 e. The molecule has 0 fully saturated rings. The van der Waals surface area contributed by atoms with Crippen molar-refractivity contribution in [2.75, 3.05) is 0 Å². The number of benzene rings is 2. The van der Waals surface area contributed by atoms with Crippen LogP contribution in [0.3, 0.4) is 0 Å². The van der Waals surface area contributed by atoms with E-state index in [4.69, 9.17) is 4.98 Å². The molecule has 0 unspecified atom stereocenters. The average Bonchev–Trinajstić information content (AvgIpc) is 3.14. The van der Waals surface area contributed by atoms with Gasteiger partial charge in [0.25, 0.3) is 5.56 Å². The number of nitrogens with zero attached hydrogens (tertiary/aromatic N) is 1. The van der Waals surface area contributed by atoms with Gasteiger partial charge in [-0.25, -0.2) is 9.37 Å². The van der Waals surface area contributed by atoms with Gasteiger partial charge < -0.3 is 15.3 Å². The number of hydrogen-bond acceptors (Lipinski definition) is 3. The Hall–Kier alpha value is -3.25. The maximum atomic E-state index is 14.1. The first-order valence-corrected chi connectivity index (χ1v) is 10.1. The second kappa shape index (κ2) is 8.63. The highest BCUT2D eigenvalue weighted by Gasteiger charge is 2.19. The van der Waals surface area contributed by atoms with Crippen molar-refractivity contribution in [1.29, 1.82) is 0 Å². The van der Waals surface area contributed by atoms with Gasteiger partial charge >= 0.3 is 0 Å². The molecule has 2 aromatic carbocycles. The molecule has 5 nitrogen and oxygen atoms in total. The summed E-state index contributed by atoms with van der Waals surface area (Å²) < 4.78 is 14.1. The summed E-state index contributed by atoms with van der Waals surface area (Å²) in [6.45, 7) is 4.32. The number of nitrogens with one attached hydrogen (secondary N) is 3. The molecule has 0 aliphatic heterocycles. The average molecular weight is 404 g/mol. The summed E-state index contributed by atoms with van der Waals surface area (Å²) in [6.07, 6.45) is 2.60. The van der Waals surface area contributed by atoms with Gasteiger partial charge in [-0.1, -0.05) is 50.2 Å². The molecule has 2 aromatic heterocycles. The minimum absolute atomic E-state index is 0.0953. The van der Waals surface area contributed by atoms with E-state index in [1.807, 2.05) is 44.3 Å². The van der Waals surface area contributed by atoms with Crippen molar-refractivity contribution < 1.29 is 4.39 Å². The predicted octanol–water partition coefficient (Wildman–Crippen LogP) is 4.59. The van der Waals surface area contributed by atoms with Gasteiger partial charge in [-0.15, -0.1) is 0 Å². The van der Waals surface area contributed by atoms with Crippen LogP contribution in [0, 0.1) is 5.82 Å². The standard InChI is InChI=1S/C24H25FN4O/c1-15(2)24-28-22(12-23(30)29-24)21(27-13-16-7-3-5-9-19(16)25)11-17-14-26-20-10-6-4-8-18(17)20/h3-10,12,14-15,21,26-27H,11,13H2,1-2H3,(H,28,29,30)/t21-/m0/s1. The van der Waals surface area contributed by atoms with E-state index in [9.17, 15) is 9.18 Å². The lowest BCUT2D eigenvalue weighted by molar-refractivity contribution is 0.500. The summed E-state index contributed by atoms with van der Waals surface area (Å²) in [5.74, 6) is 0.490. The van der Waals surface area contributed by atoms with Gasteiger partial charge in [0, 0.05) is 41.2 Å². The summed E-state index contributed by atoms with van der Waals surface area (Å²) >= 11 is 0. The van der Waals surface area contributed by atoms with Crippen molar-refractivity contribution in [3.8, 4) is 0 Å². The Labute approximate surface area is 174 Å². The monoisotopic (exact) mass is 404 g/mol. The molecule has 0 saturated heterocycles. The molecule has 1 atom stereocenters. The molecule has 0 aliphatic carbocycles. The molecule has 3 N–H and O–H groups in total. The second-order valence-corrected chi connectivity index (χ2v) is 7.80. The lowest BCUT2D eigenvalue weighted by atomic mass is 10.0. The molecule has 154 valence electrons. The Morgan fingerprint density at radius 2 is 1.83 bits per heavy atom. The zero-order valence-electron chi connectivity index (χ0n) is 17.1. The van der Waals surface area contributed by atoms with E-state index in [1.54, 1.807) is 12.1 Å². The zero-order valence-corrected chi connectivity index (χ0v) is 17.1. The fourth-order valence-electron chi connectivity index (χ4n) is 3.62. The molecule has 0 amide bonds. The third kappa shape index (κ3) is 4.33. The summed E-state index contributed by atoms with van der Waals surface area (Å²) in [4.78, 5) is 23.1. The van der Waals surface area contributed by atoms with Gasteiger partial charge in [0.05, 0.1) is 11.7 Å². The Kier molecular flexibility index (Phi) is 5.77. The second-order valence-electron chi connectivity index (χ2n) is 7.80. The topological polar surface area (TPSA) is 73.6 Å².